The third kappa shape index (κ3) is 4.52. The number of nitrogens with zero attached hydrogens (tertiary/aromatic N) is 2. The topological polar surface area (TPSA) is 54.9 Å². The second-order valence-electron chi connectivity index (χ2n) is 4.14. The first-order valence-corrected chi connectivity index (χ1v) is 6.57. The van der Waals surface area contributed by atoms with Crippen LogP contribution in [0.15, 0.2) is 41.3 Å². The van der Waals surface area contributed by atoms with Gasteiger partial charge < -0.3 is 5.32 Å². The number of aromatic nitrogens is 2. The normalized spacial score (nSPS) is 11.2. The molecule has 0 saturated heterocycles. The van der Waals surface area contributed by atoms with Crippen molar-refractivity contribution in [2.24, 2.45) is 0 Å². The highest BCUT2D eigenvalue weighted by Crippen LogP contribution is 2.29. The Morgan fingerprint density at radius 3 is 2.33 bits per heavy atom. The van der Waals surface area contributed by atoms with Crippen molar-refractivity contribution in [1.82, 2.24) is 9.97 Å². The fourth-order valence-electron chi connectivity index (χ4n) is 1.56. The van der Waals surface area contributed by atoms with Crippen LogP contribution in [0.5, 0.6) is 0 Å². The molecule has 2 rings (SSSR count). The van der Waals surface area contributed by atoms with Crippen LogP contribution in [0.2, 0.25) is 0 Å². The van der Waals surface area contributed by atoms with Gasteiger partial charge in [0.25, 0.3) is 0 Å². The van der Waals surface area contributed by atoms with E-state index in [-0.39, 0.29) is 18.1 Å². The highest BCUT2D eigenvalue weighted by atomic mass is 79.9. The zero-order valence-electron chi connectivity index (χ0n) is 10.5. The van der Waals surface area contributed by atoms with Gasteiger partial charge in [-0.15, -0.1) is 0 Å². The van der Waals surface area contributed by atoms with Crippen molar-refractivity contribution in [1.29, 1.82) is 0 Å². The lowest BCUT2D eigenvalue weighted by Gasteiger charge is -2.08. The molecular formula is C13H9BrF3N3O. The number of anilines is 1. The fourth-order valence-corrected chi connectivity index (χ4v) is 1.77. The minimum atomic E-state index is -4.38. The lowest BCUT2D eigenvalue weighted by molar-refractivity contribution is -0.137. The van der Waals surface area contributed by atoms with Crippen LogP contribution in [-0.2, 0) is 17.4 Å². The van der Waals surface area contributed by atoms with E-state index >= 15 is 0 Å². The van der Waals surface area contributed by atoms with Crippen LogP contribution < -0.4 is 5.32 Å². The summed E-state index contributed by atoms with van der Waals surface area (Å²) >= 11 is 3.11. The van der Waals surface area contributed by atoms with Crippen LogP contribution >= 0.6 is 15.9 Å². The Balaban J connectivity index is 1.98. The molecule has 0 aliphatic heterocycles. The van der Waals surface area contributed by atoms with E-state index in [9.17, 15) is 18.0 Å². The summed E-state index contributed by atoms with van der Waals surface area (Å²) in [6.45, 7) is 0. The Kier molecular flexibility index (Phi) is 4.56. The molecule has 0 aliphatic carbocycles. The standard InChI is InChI=1S/C13H9BrF3N3O/c14-10-6-19-11(7-18-10)20-12(21)5-8-1-3-9(4-2-8)13(15,16)17/h1-4,6-7H,5H2,(H,19,20,21). The van der Waals surface area contributed by atoms with Gasteiger partial charge in [-0.1, -0.05) is 12.1 Å². The number of nitrogens with one attached hydrogen (secondary N) is 1. The molecule has 0 spiro atoms. The van der Waals surface area contributed by atoms with E-state index in [4.69, 9.17) is 0 Å². The molecule has 0 fully saturated rings. The minimum Gasteiger partial charge on any atom is -0.309 e. The van der Waals surface area contributed by atoms with Gasteiger partial charge in [0.1, 0.15) is 4.60 Å². The van der Waals surface area contributed by atoms with E-state index in [0.29, 0.717) is 10.2 Å². The first kappa shape index (κ1) is 15.4. The van der Waals surface area contributed by atoms with E-state index in [1.165, 1.54) is 24.5 Å². The number of carbonyl (C=O) groups is 1. The lowest BCUT2D eigenvalue weighted by Crippen LogP contribution is -2.15. The number of hydrogen-bond donors (Lipinski definition) is 1. The summed E-state index contributed by atoms with van der Waals surface area (Å²) in [7, 11) is 0. The van der Waals surface area contributed by atoms with Crippen LogP contribution in [0, 0.1) is 0 Å². The lowest BCUT2D eigenvalue weighted by atomic mass is 10.1. The highest BCUT2D eigenvalue weighted by Gasteiger charge is 2.29. The molecule has 21 heavy (non-hydrogen) atoms. The van der Waals surface area contributed by atoms with Crippen LogP contribution in [0.1, 0.15) is 11.1 Å². The summed E-state index contributed by atoms with van der Waals surface area (Å²) in [5.74, 6) is -0.110. The van der Waals surface area contributed by atoms with Gasteiger partial charge in [-0.25, -0.2) is 9.97 Å². The molecule has 0 atom stereocenters. The molecule has 1 aromatic carbocycles. The molecule has 1 aromatic heterocycles. The summed E-state index contributed by atoms with van der Waals surface area (Å²) in [6, 6.07) is 4.44. The van der Waals surface area contributed by atoms with Crippen molar-refractivity contribution in [2.45, 2.75) is 12.6 Å². The quantitative estimate of drug-likeness (QED) is 0.913. The molecule has 1 amide bonds. The smallest absolute Gasteiger partial charge is 0.309 e. The van der Waals surface area contributed by atoms with Crippen LogP contribution in [-0.4, -0.2) is 15.9 Å². The molecule has 2 aromatic rings. The number of rotatable bonds is 3. The zero-order valence-corrected chi connectivity index (χ0v) is 12.1. The first-order chi connectivity index (χ1) is 9.84. The van der Waals surface area contributed by atoms with Gasteiger partial charge in [0.2, 0.25) is 5.91 Å². The molecule has 0 unspecified atom stereocenters. The Hall–Kier alpha value is -1.96. The van der Waals surface area contributed by atoms with Crippen LogP contribution in [0.3, 0.4) is 0 Å². The van der Waals surface area contributed by atoms with Gasteiger partial charge in [0.15, 0.2) is 5.82 Å². The summed E-state index contributed by atoms with van der Waals surface area (Å²) in [5, 5.41) is 2.51. The van der Waals surface area contributed by atoms with E-state index in [1.807, 2.05) is 0 Å². The first-order valence-electron chi connectivity index (χ1n) is 5.78. The molecule has 110 valence electrons. The fraction of sp³-hybridized carbons (Fsp3) is 0.154. The van der Waals surface area contributed by atoms with Gasteiger partial charge in [-0.05, 0) is 33.6 Å². The van der Waals surface area contributed by atoms with E-state index in [1.54, 1.807) is 0 Å². The summed E-state index contributed by atoms with van der Waals surface area (Å²) in [5.41, 5.74) is -0.268. The average Bonchev–Trinajstić information content (AvgIpc) is 2.41. The zero-order chi connectivity index (χ0) is 15.5. The maximum absolute atomic E-state index is 12.4. The largest absolute Gasteiger partial charge is 0.416 e. The predicted octanol–water partition coefficient (Wildman–Crippen LogP) is 3.44. The van der Waals surface area contributed by atoms with Gasteiger partial charge in [-0.3, -0.25) is 4.79 Å². The number of carbonyl (C=O) groups excluding carboxylic acids is 1. The average molecular weight is 360 g/mol. The number of hydrogen-bond acceptors (Lipinski definition) is 3. The van der Waals surface area contributed by atoms with Gasteiger partial charge in [-0.2, -0.15) is 13.2 Å². The Morgan fingerprint density at radius 1 is 1.14 bits per heavy atom. The minimum absolute atomic E-state index is 0.0458. The van der Waals surface area contributed by atoms with Crippen molar-refractivity contribution >= 4 is 27.7 Å². The molecule has 0 bridgehead atoms. The van der Waals surface area contributed by atoms with Crippen molar-refractivity contribution in [3.8, 4) is 0 Å². The monoisotopic (exact) mass is 359 g/mol. The van der Waals surface area contributed by atoms with Crippen LogP contribution in [0.25, 0.3) is 0 Å². The van der Waals surface area contributed by atoms with E-state index < -0.39 is 11.7 Å². The third-order valence-corrected chi connectivity index (χ3v) is 2.94. The predicted molar refractivity (Wildman–Crippen MR) is 73.5 cm³/mol. The Labute approximate surface area is 126 Å². The second kappa shape index (κ2) is 6.21. The van der Waals surface area contributed by atoms with Gasteiger partial charge in [0.05, 0.1) is 24.4 Å². The van der Waals surface area contributed by atoms with Crippen molar-refractivity contribution in [3.05, 3.63) is 52.4 Å². The summed E-state index contributed by atoms with van der Waals surface area (Å²) in [4.78, 5) is 19.5. The SMILES string of the molecule is O=C(Cc1ccc(C(F)(F)F)cc1)Nc1cnc(Br)cn1. The number of halogens is 4. The highest BCUT2D eigenvalue weighted by molar-refractivity contribution is 9.10. The maximum atomic E-state index is 12.4. The Morgan fingerprint density at radius 2 is 1.81 bits per heavy atom. The summed E-state index contributed by atoms with van der Waals surface area (Å²) in [6.07, 6.45) is -1.63. The van der Waals surface area contributed by atoms with Crippen LogP contribution in [0.4, 0.5) is 19.0 Å². The molecular weight excluding hydrogens is 351 g/mol. The Bertz CT molecular complexity index is 627. The second-order valence-corrected chi connectivity index (χ2v) is 4.96. The van der Waals surface area contributed by atoms with Gasteiger partial charge >= 0.3 is 6.18 Å². The van der Waals surface area contributed by atoms with E-state index in [2.05, 4.69) is 31.2 Å². The molecule has 0 aliphatic rings. The summed E-state index contributed by atoms with van der Waals surface area (Å²) < 4.78 is 37.7. The van der Waals surface area contributed by atoms with E-state index in [0.717, 1.165) is 12.1 Å². The van der Waals surface area contributed by atoms with Crippen molar-refractivity contribution in [2.75, 3.05) is 5.32 Å². The third-order valence-electron chi connectivity index (χ3n) is 2.53. The maximum Gasteiger partial charge on any atom is 0.416 e. The van der Waals surface area contributed by atoms with Crippen molar-refractivity contribution < 1.29 is 18.0 Å². The number of alkyl halides is 3. The number of benzene rings is 1. The molecule has 0 saturated carbocycles. The van der Waals surface area contributed by atoms with Crippen molar-refractivity contribution in [3.63, 3.8) is 0 Å². The molecule has 1 N–H and O–H groups in total. The van der Waals surface area contributed by atoms with Gasteiger partial charge in [0, 0.05) is 0 Å². The molecule has 0 radical (unpaired) electrons. The number of amides is 1. The molecule has 8 heteroatoms. The molecule has 4 nitrogen and oxygen atoms in total. The molecule has 1 heterocycles.